The van der Waals surface area contributed by atoms with Crippen molar-refractivity contribution in [3.63, 3.8) is 0 Å². The van der Waals surface area contributed by atoms with Gasteiger partial charge in [-0.2, -0.15) is 0 Å². The zero-order chi connectivity index (χ0) is 16.6. The third-order valence-corrected chi connectivity index (χ3v) is 3.45. The summed E-state index contributed by atoms with van der Waals surface area (Å²) in [5.74, 6) is -0.657. The van der Waals surface area contributed by atoms with Crippen molar-refractivity contribution in [2.45, 2.75) is 6.61 Å². The van der Waals surface area contributed by atoms with Crippen LogP contribution in [-0.2, 0) is 18.4 Å². The largest absolute Gasteiger partial charge is 0.454 e. The van der Waals surface area contributed by atoms with Crippen LogP contribution in [0.2, 0.25) is 5.02 Å². The Morgan fingerprint density at radius 3 is 2.87 bits per heavy atom. The van der Waals surface area contributed by atoms with Crippen LogP contribution in [0.15, 0.2) is 36.8 Å². The van der Waals surface area contributed by atoms with E-state index in [4.69, 9.17) is 16.3 Å². The molecule has 0 saturated heterocycles. The number of fused-ring (bicyclic) bond motifs is 1. The third-order valence-electron chi connectivity index (χ3n) is 3.23. The second-order valence-electron chi connectivity index (χ2n) is 4.87. The number of halogens is 1. The number of hydrogen-bond acceptors (Lipinski definition) is 5. The molecule has 8 nitrogen and oxygen atoms in total. The van der Waals surface area contributed by atoms with E-state index in [9.17, 15) is 14.9 Å². The first kappa shape index (κ1) is 15.0. The highest BCUT2D eigenvalue weighted by atomic mass is 35.5. The van der Waals surface area contributed by atoms with Crippen LogP contribution in [0, 0.1) is 10.1 Å². The Hall–Kier alpha value is -2.87. The molecule has 0 N–H and O–H groups in total. The number of esters is 1. The van der Waals surface area contributed by atoms with E-state index in [1.54, 1.807) is 28.9 Å². The molecule has 0 bridgehead atoms. The highest BCUT2D eigenvalue weighted by molar-refractivity contribution is 6.30. The Bertz CT molecular complexity index is 915. The van der Waals surface area contributed by atoms with E-state index in [-0.39, 0.29) is 18.0 Å². The summed E-state index contributed by atoms with van der Waals surface area (Å²) in [6.07, 6.45) is 4.64. The number of carbonyl (C=O) groups is 1. The minimum absolute atomic E-state index is 0.0445. The van der Waals surface area contributed by atoms with Gasteiger partial charge >= 0.3 is 5.97 Å². The van der Waals surface area contributed by atoms with Gasteiger partial charge in [0, 0.05) is 25.5 Å². The lowest BCUT2D eigenvalue weighted by Crippen LogP contribution is -2.09. The number of hydrogen-bond donors (Lipinski definition) is 0. The van der Waals surface area contributed by atoms with Gasteiger partial charge in [0.15, 0.2) is 0 Å². The number of nitrogens with zero attached hydrogens (tertiary/aromatic N) is 4. The van der Waals surface area contributed by atoms with Gasteiger partial charge in [0.25, 0.3) is 5.69 Å². The average Bonchev–Trinajstić information content (AvgIpc) is 3.07. The minimum Gasteiger partial charge on any atom is -0.454 e. The molecule has 3 rings (SSSR count). The number of aryl methyl sites for hydroxylation is 1. The van der Waals surface area contributed by atoms with Crippen LogP contribution < -0.4 is 0 Å². The van der Waals surface area contributed by atoms with Gasteiger partial charge in [-0.25, -0.2) is 9.78 Å². The second kappa shape index (κ2) is 5.73. The Morgan fingerprint density at radius 1 is 1.39 bits per heavy atom. The molecule has 3 heterocycles. The van der Waals surface area contributed by atoms with Crippen molar-refractivity contribution in [3.8, 4) is 0 Å². The molecule has 118 valence electrons. The molecule has 0 atom stereocenters. The van der Waals surface area contributed by atoms with Gasteiger partial charge in [0.2, 0.25) is 0 Å². The van der Waals surface area contributed by atoms with Crippen LogP contribution in [0.25, 0.3) is 5.65 Å². The van der Waals surface area contributed by atoms with Gasteiger partial charge in [-0.3, -0.25) is 10.1 Å². The van der Waals surface area contributed by atoms with E-state index in [1.165, 1.54) is 23.9 Å². The molecule has 0 aliphatic carbocycles. The number of imidazole rings is 1. The predicted octanol–water partition coefficient (Wildman–Crippen LogP) is 2.59. The lowest BCUT2D eigenvalue weighted by atomic mass is 10.4. The number of pyridine rings is 1. The fourth-order valence-electron chi connectivity index (χ4n) is 2.15. The minimum atomic E-state index is -0.657. The molecule has 23 heavy (non-hydrogen) atoms. The number of aromatic nitrogens is 3. The normalized spacial score (nSPS) is 10.9. The Labute approximate surface area is 135 Å². The maximum atomic E-state index is 12.0. The maximum Gasteiger partial charge on any atom is 0.355 e. The van der Waals surface area contributed by atoms with Gasteiger partial charge in [-0.05, 0) is 12.1 Å². The maximum absolute atomic E-state index is 12.0. The number of ether oxygens (including phenoxy) is 1. The first-order valence-corrected chi connectivity index (χ1v) is 6.93. The summed E-state index contributed by atoms with van der Waals surface area (Å²) in [6, 6.07) is 4.63. The van der Waals surface area contributed by atoms with Gasteiger partial charge < -0.3 is 13.7 Å². The fraction of sp³-hybridized carbons (Fsp3) is 0.143. The van der Waals surface area contributed by atoms with E-state index in [2.05, 4.69) is 4.98 Å². The summed E-state index contributed by atoms with van der Waals surface area (Å²) in [7, 11) is 1.54. The van der Waals surface area contributed by atoms with Crippen molar-refractivity contribution in [1.82, 2.24) is 14.0 Å². The molecule has 3 aromatic rings. The molecule has 0 amide bonds. The fourth-order valence-corrected chi connectivity index (χ4v) is 2.32. The zero-order valence-corrected chi connectivity index (χ0v) is 12.7. The summed E-state index contributed by atoms with van der Waals surface area (Å²) in [6.45, 7) is -0.0445. The van der Waals surface area contributed by atoms with E-state index >= 15 is 0 Å². The van der Waals surface area contributed by atoms with Crippen molar-refractivity contribution < 1.29 is 14.5 Å². The number of rotatable bonds is 4. The molecule has 0 unspecified atom stereocenters. The quantitative estimate of drug-likeness (QED) is 0.415. The van der Waals surface area contributed by atoms with Crippen molar-refractivity contribution >= 4 is 28.9 Å². The molecule has 0 aromatic carbocycles. The average molecular weight is 335 g/mol. The molecule has 0 radical (unpaired) electrons. The van der Waals surface area contributed by atoms with Crippen LogP contribution in [0.4, 0.5) is 5.69 Å². The van der Waals surface area contributed by atoms with Gasteiger partial charge in [-0.1, -0.05) is 11.6 Å². The number of carbonyl (C=O) groups excluding carboxylic acids is 1. The van der Waals surface area contributed by atoms with Crippen molar-refractivity contribution in [2.75, 3.05) is 0 Å². The molecule has 0 saturated carbocycles. The third kappa shape index (κ3) is 3.02. The van der Waals surface area contributed by atoms with Crippen LogP contribution in [0.3, 0.4) is 0 Å². The lowest BCUT2D eigenvalue weighted by molar-refractivity contribution is -0.384. The molecule has 3 aromatic heterocycles. The van der Waals surface area contributed by atoms with E-state index in [0.29, 0.717) is 16.4 Å². The molecular weight excluding hydrogens is 324 g/mol. The van der Waals surface area contributed by atoms with E-state index in [0.717, 1.165) is 0 Å². The molecule has 0 aliphatic rings. The molecule has 0 fully saturated rings. The topological polar surface area (TPSA) is 91.7 Å². The lowest BCUT2D eigenvalue weighted by Gasteiger charge is -2.02. The van der Waals surface area contributed by atoms with Crippen LogP contribution in [-0.4, -0.2) is 24.8 Å². The summed E-state index contributed by atoms with van der Waals surface area (Å²) in [4.78, 5) is 26.5. The van der Waals surface area contributed by atoms with E-state index in [1.807, 2.05) is 0 Å². The highest BCUT2D eigenvalue weighted by Gasteiger charge is 2.19. The van der Waals surface area contributed by atoms with Crippen LogP contribution in [0.1, 0.15) is 16.2 Å². The highest BCUT2D eigenvalue weighted by Crippen LogP contribution is 2.17. The Balaban J connectivity index is 1.74. The molecular formula is C14H11ClN4O4. The summed E-state index contributed by atoms with van der Waals surface area (Å²) < 4.78 is 8.23. The van der Waals surface area contributed by atoms with Crippen molar-refractivity contribution in [2.24, 2.45) is 7.05 Å². The summed E-state index contributed by atoms with van der Waals surface area (Å²) in [5, 5.41) is 11.3. The summed E-state index contributed by atoms with van der Waals surface area (Å²) >= 11 is 5.89. The number of nitro groups is 1. The summed E-state index contributed by atoms with van der Waals surface area (Å²) in [5.41, 5.74) is 1.16. The monoisotopic (exact) mass is 334 g/mol. The van der Waals surface area contributed by atoms with E-state index < -0.39 is 10.9 Å². The van der Waals surface area contributed by atoms with Gasteiger partial charge in [-0.15, -0.1) is 0 Å². The smallest absolute Gasteiger partial charge is 0.355 e. The Kier molecular flexibility index (Phi) is 3.75. The van der Waals surface area contributed by atoms with Crippen molar-refractivity contribution in [3.05, 3.63) is 63.3 Å². The first-order valence-electron chi connectivity index (χ1n) is 6.55. The second-order valence-corrected chi connectivity index (χ2v) is 5.31. The molecule has 0 spiro atoms. The first-order chi connectivity index (χ1) is 10.9. The van der Waals surface area contributed by atoms with Gasteiger partial charge in [0.05, 0.1) is 21.8 Å². The zero-order valence-electron chi connectivity index (χ0n) is 12.0. The molecule has 0 aliphatic heterocycles. The standard InChI is InChI=1S/C14H11ClN4O4/c1-17-7-11(19(21)22)4-12(17)14(20)23-8-10-6-18-5-9(15)2-3-13(18)16-10/h2-7H,8H2,1H3. The van der Waals surface area contributed by atoms with Gasteiger partial charge in [0.1, 0.15) is 17.9 Å². The predicted molar refractivity (Wildman–Crippen MR) is 81.4 cm³/mol. The SMILES string of the molecule is Cn1cc([N+](=O)[O-])cc1C(=O)OCc1cn2cc(Cl)ccc2n1. The van der Waals surface area contributed by atoms with Crippen LogP contribution >= 0.6 is 11.6 Å². The van der Waals surface area contributed by atoms with Crippen LogP contribution in [0.5, 0.6) is 0 Å². The molecule has 9 heteroatoms. The Morgan fingerprint density at radius 2 is 2.17 bits per heavy atom. The van der Waals surface area contributed by atoms with Crippen molar-refractivity contribution in [1.29, 1.82) is 0 Å².